The number of carbonyl (C=O) groups is 1. The molecule has 1 aromatic carbocycles. The second-order valence-corrected chi connectivity index (χ2v) is 21.4. The number of esters is 1. The molecule has 2 aromatic rings. The SMILES string of the molecule is CC(C)(C)OC(=O)C1(N(CC[Si](C)(C)C)S(=O)(=O)c2ccc(Br)s2)CC1(C)c1ccccc1. The van der Waals surface area contributed by atoms with Crippen LogP contribution in [0.15, 0.2) is 50.5 Å². The minimum atomic E-state index is -3.93. The summed E-state index contributed by atoms with van der Waals surface area (Å²) in [4.78, 5) is 13.9. The molecule has 0 bridgehead atoms. The molecule has 1 saturated carbocycles. The number of rotatable bonds is 8. The van der Waals surface area contributed by atoms with Crippen LogP contribution in [0.3, 0.4) is 0 Å². The first kappa shape index (κ1) is 26.6. The lowest BCUT2D eigenvalue weighted by atomic mass is 9.92. The fourth-order valence-electron chi connectivity index (χ4n) is 4.24. The number of carbonyl (C=O) groups excluding carboxylic acids is 1. The molecule has 0 saturated heterocycles. The molecule has 0 spiro atoms. The molecule has 1 aliphatic carbocycles. The van der Waals surface area contributed by atoms with Crippen LogP contribution in [-0.4, -0.2) is 44.5 Å². The average Bonchev–Trinajstić information content (AvgIpc) is 3.07. The number of ether oxygens (including phenoxy) is 1. The molecule has 3 rings (SSSR count). The predicted octanol–water partition coefficient (Wildman–Crippen LogP) is 6.28. The number of halogens is 1. The molecule has 1 aromatic heterocycles. The van der Waals surface area contributed by atoms with Gasteiger partial charge in [-0.2, -0.15) is 4.31 Å². The fraction of sp³-hybridized carbons (Fsp3) is 0.542. The Labute approximate surface area is 211 Å². The Morgan fingerprint density at radius 3 is 2.24 bits per heavy atom. The first-order chi connectivity index (χ1) is 15.0. The number of sulfonamides is 1. The standard InChI is InChI=1S/C24H34BrNO4S2Si/c1-22(2,3)30-21(27)24(17-23(24,4)18-11-9-8-10-12-18)26(15-16-33(5,6)7)32(28,29)20-14-13-19(25)31-20/h8-14H,15-17H2,1-7H3. The van der Waals surface area contributed by atoms with E-state index in [1.165, 1.54) is 15.6 Å². The van der Waals surface area contributed by atoms with Gasteiger partial charge < -0.3 is 4.74 Å². The van der Waals surface area contributed by atoms with Crippen molar-refractivity contribution < 1.29 is 17.9 Å². The molecule has 2 atom stereocenters. The van der Waals surface area contributed by atoms with E-state index < -0.39 is 40.6 Å². The van der Waals surface area contributed by atoms with Crippen molar-refractivity contribution in [2.45, 2.75) is 80.6 Å². The van der Waals surface area contributed by atoms with E-state index in [4.69, 9.17) is 4.74 Å². The largest absolute Gasteiger partial charge is 0.459 e. The van der Waals surface area contributed by atoms with Gasteiger partial charge >= 0.3 is 5.97 Å². The van der Waals surface area contributed by atoms with Gasteiger partial charge in [-0.3, -0.25) is 0 Å². The maximum Gasteiger partial charge on any atom is 0.329 e. The van der Waals surface area contributed by atoms with Crippen LogP contribution < -0.4 is 0 Å². The Hall–Kier alpha value is -1.00. The van der Waals surface area contributed by atoms with Crippen molar-refractivity contribution in [3.63, 3.8) is 0 Å². The molecule has 1 aliphatic rings. The zero-order chi connectivity index (χ0) is 24.9. The Morgan fingerprint density at radius 2 is 1.76 bits per heavy atom. The Balaban J connectivity index is 2.19. The molecule has 1 heterocycles. The molecule has 1 fully saturated rings. The molecule has 0 N–H and O–H groups in total. The van der Waals surface area contributed by atoms with E-state index in [9.17, 15) is 13.2 Å². The summed E-state index contributed by atoms with van der Waals surface area (Å²) in [5, 5.41) is 0. The van der Waals surface area contributed by atoms with Crippen LogP contribution in [0, 0.1) is 0 Å². The van der Waals surface area contributed by atoms with Gasteiger partial charge in [0.15, 0.2) is 0 Å². The van der Waals surface area contributed by atoms with Crippen LogP contribution in [0.4, 0.5) is 0 Å². The summed E-state index contributed by atoms with van der Waals surface area (Å²) in [7, 11) is -5.55. The zero-order valence-corrected chi connectivity index (χ0v) is 24.7. The maximum atomic E-state index is 14.1. The molecule has 0 aliphatic heterocycles. The third-order valence-corrected chi connectivity index (χ3v) is 11.9. The highest BCUT2D eigenvalue weighted by atomic mass is 79.9. The lowest BCUT2D eigenvalue weighted by Crippen LogP contribution is -2.54. The minimum absolute atomic E-state index is 0.232. The Kier molecular flexibility index (Phi) is 7.17. The van der Waals surface area contributed by atoms with Gasteiger partial charge in [-0.05, 0) is 66.9 Å². The molecule has 182 valence electrons. The van der Waals surface area contributed by atoms with Gasteiger partial charge in [0.2, 0.25) is 0 Å². The van der Waals surface area contributed by atoms with Crippen LogP contribution in [-0.2, 0) is 25.0 Å². The second-order valence-electron chi connectivity index (χ2n) is 11.2. The number of hydrogen-bond donors (Lipinski definition) is 0. The van der Waals surface area contributed by atoms with Crippen molar-refractivity contribution in [1.82, 2.24) is 4.31 Å². The molecule has 9 heteroatoms. The van der Waals surface area contributed by atoms with Gasteiger partial charge in [-0.1, -0.05) is 56.9 Å². The molecule has 5 nitrogen and oxygen atoms in total. The summed E-state index contributed by atoms with van der Waals surface area (Å²) in [5.41, 5.74) is -1.77. The van der Waals surface area contributed by atoms with Crippen LogP contribution in [0.25, 0.3) is 0 Å². The summed E-state index contributed by atoms with van der Waals surface area (Å²) < 4.78 is 36.5. The van der Waals surface area contributed by atoms with Gasteiger partial charge in [0.25, 0.3) is 10.0 Å². The van der Waals surface area contributed by atoms with Gasteiger partial charge in [0.05, 0.1) is 3.79 Å². The number of nitrogens with zero attached hydrogens (tertiary/aromatic N) is 1. The topological polar surface area (TPSA) is 63.7 Å². The summed E-state index contributed by atoms with van der Waals surface area (Å²) in [6.07, 6.45) is 0.385. The van der Waals surface area contributed by atoms with E-state index in [0.29, 0.717) is 6.42 Å². The molecule has 0 amide bonds. The van der Waals surface area contributed by atoms with E-state index in [-0.39, 0.29) is 10.8 Å². The lowest BCUT2D eigenvalue weighted by molar-refractivity contribution is -0.162. The van der Waals surface area contributed by atoms with E-state index in [2.05, 4.69) is 35.6 Å². The monoisotopic (exact) mass is 571 g/mol. The molecule has 2 unspecified atom stereocenters. The van der Waals surface area contributed by atoms with Gasteiger partial charge in [0, 0.05) is 20.0 Å². The van der Waals surface area contributed by atoms with E-state index >= 15 is 0 Å². The molecule has 0 radical (unpaired) electrons. The van der Waals surface area contributed by atoms with Gasteiger partial charge in [0.1, 0.15) is 15.3 Å². The number of benzene rings is 1. The summed E-state index contributed by atoms with van der Waals surface area (Å²) in [6, 6.07) is 13.8. The van der Waals surface area contributed by atoms with E-state index in [0.717, 1.165) is 15.4 Å². The lowest BCUT2D eigenvalue weighted by Gasteiger charge is -2.36. The Morgan fingerprint density at radius 1 is 1.15 bits per heavy atom. The normalized spacial score (nSPS) is 23.5. The van der Waals surface area contributed by atoms with Crippen LogP contribution >= 0.6 is 27.3 Å². The highest BCUT2D eigenvalue weighted by Crippen LogP contribution is 2.63. The second kappa shape index (κ2) is 8.89. The minimum Gasteiger partial charge on any atom is -0.459 e. The average molecular weight is 573 g/mol. The van der Waals surface area contributed by atoms with E-state index in [1.807, 2.05) is 58.0 Å². The van der Waals surface area contributed by atoms with Crippen LogP contribution in [0.2, 0.25) is 25.7 Å². The van der Waals surface area contributed by atoms with Crippen molar-refractivity contribution in [2.75, 3.05) is 6.54 Å². The van der Waals surface area contributed by atoms with Crippen molar-refractivity contribution in [3.8, 4) is 0 Å². The van der Waals surface area contributed by atoms with Gasteiger partial charge in [-0.15, -0.1) is 11.3 Å². The zero-order valence-electron chi connectivity index (χ0n) is 20.4. The van der Waals surface area contributed by atoms with E-state index in [1.54, 1.807) is 12.1 Å². The Bertz CT molecular complexity index is 1120. The maximum absolute atomic E-state index is 14.1. The van der Waals surface area contributed by atoms with Crippen molar-refractivity contribution in [3.05, 3.63) is 51.8 Å². The third kappa shape index (κ3) is 5.32. The molecular weight excluding hydrogens is 538 g/mol. The van der Waals surface area contributed by atoms with Gasteiger partial charge in [-0.25, -0.2) is 13.2 Å². The number of thiophene rings is 1. The summed E-state index contributed by atoms with van der Waals surface area (Å²) in [6.45, 7) is 14.4. The quantitative estimate of drug-likeness (QED) is 0.276. The first-order valence-electron chi connectivity index (χ1n) is 11.1. The summed E-state index contributed by atoms with van der Waals surface area (Å²) in [5.74, 6) is -0.476. The molecular formula is C24H34BrNO4S2Si. The predicted molar refractivity (Wildman–Crippen MR) is 141 cm³/mol. The fourth-order valence-corrected chi connectivity index (χ4v) is 9.24. The highest BCUT2D eigenvalue weighted by molar-refractivity contribution is 9.11. The highest BCUT2D eigenvalue weighted by Gasteiger charge is 2.76. The van der Waals surface area contributed by atoms with Crippen molar-refractivity contribution in [1.29, 1.82) is 0 Å². The van der Waals surface area contributed by atoms with Crippen molar-refractivity contribution in [2.24, 2.45) is 0 Å². The van der Waals surface area contributed by atoms with Crippen LogP contribution in [0.5, 0.6) is 0 Å². The first-order valence-corrected chi connectivity index (χ1v) is 17.9. The summed E-state index contributed by atoms with van der Waals surface area (Å²) >= 11 is 4.56. The number of hydrogen-bond acceptors (Lipinski definition) is 5. The smallest absolute Gasteiger partial charge is 0.329 e. The van der Waals surface area contributed by atoms with Crippen LogP contribution in [0.1, 0.15) is 39.7 Å². The van der Waals surface area contributed by atoms with Crippen molar-refractivity contribution >= 4 is 51.3 Å². The molecule has 33 heavy (non-hydrogen) atoms. The third-order valence-electron chi connectivity index (χ3n) is 6.13.